The molecule has 1 fully saturated rings. The molecule has 4 heteroatoms. The smallest absolute Gasteiger partial charge is 0.239 e. The summed E-state index contributed by atoms with van der Waals surface area (Å²) in [6.45, 7) is 0.255. The standard InChI is InChI=1S/C15H19N3O/c16-10-12-5-4-8-14(9-12)17-11-15(19)18-13-6-2-1-3-7-13/h4-5,8-9,13,17H,1-3,6-7,11H2,(H,18,19). The van der Waals surface area contributed by atoms with Gasteiger partial charge in [-0.15, -0.1) is 0 Å². The van der Waals surface area contributed by atoms with Crippen LogP contribution in [0, 0.1) is 11.3 Å². The van der Waals surface area contributed by atoms with E-state index in [9.17, 15) is 4.79 Å². The number of anilines is 1. The molecule has 0 aromatic heterocycles. The molecule has 1 amide bonds. The van der Waals surface area contributed by atoms with Crippen LogP contribution in [0.4, 0.5) is 5.69 Å². The largest absolute Gasteiger partial charge is 0.376 e. The molecule has 0 unspecified atom stereocenters. The summed E-state index contributed by atoms with van der Waals surface area (Å²) >= 11 is 0. The van der Waals surface area contributed by atoms with Crippen LogP contribution in [-0.2, 0) is 4.79 Å². The number of nitrogens with one attached hydrogen (secondary N) is 2. The number of carbonyl (C=O) groups excluding carboxylic acids is 1. The third-order valence-corrected chi connectivity index (χ3v) is 3.42. The van der Waals surface area contributed by atoms with E-state index in [4.69, 9.17) is 5.26 Å². The van der Waals surface area contributed by atoms with E-state index < -0.39 is 0 Å². The lowest BCUT2D eigenvalue weighted by Gasteiger charge is -2.22. The summed E-state index contributed by atoms with van der Waals surface area (Å²) in [6, 6.07) is 9.57. The summed E-state index contributed by atoms with van der Waals surface area (Å²) in [7, 11) is 0. The van der Waals surface area contributed by atoms with Crippen molar-refractivity contribution in [2.24, 2.45) is 0 Å². The summed E-state index contributed by atoms with van der Waals surface area (Å²) < 4.78 is 0. The summed E-state index contributed by atoms with van der Waals surface area (Å²) in [6.07, 6.45) is 5.89. The van der Waals surface area contributed by atoms with Gasteiger partial charge in [-0.25, -0.2) is 0 Å². The molecule has 19 heavy (non-hydrogen) atoms. The average Bonchev–Trinajstić information content (AvgIpc) is 2.46. The molecule has 4 nitrogen and oxygen atoms in total. The molecule has 2 N–H and O–H groups in total. The van der Waals surface area contributed by atoms with Crippen molar-refractivity contribution in [2.75, 3.05) is 11.9 Å². The van der Waals surface area contributed by atoms with Crippen molar-refractivity contribution in [1.29, 1.82) is 5.26 Å². The van der Waals surface area contributed by atoms with E-state index >= 15 is 0 Å². The lowest BCUT2D eigenvalue weighted by molar-refractivity contribution is -0.120. The first-order valence-electron chi connectivity index (χ1n) is 6.81. The first-order valence-corrected chi connectivity index (χ1v) is 6.81. The zero-order chi connectivity index (χ0) is 13.5. The topological polar surface area (TPSA) is 64.9 Å². The van der Waals surface area contributed by atoms with Crippen molar-refractivity contribution in [3.8, 4) is 6.07 Å². The predicted molar refractivity (Wildman–Crippen MR) is 74.7 cm³/mol. The number of rotatable bonds is 4. The van der Waals surface area contributed by atoms with Crippen LogP contribution in [0.1, 0.15) is 37.7 Å². The molecule has 0 aliphatic heterocycles. The van der Waals surface area contributed by atoms with Crippen molar-refractivity contribution in [3.63, 3.8) is 0 Å². The summed E-state index contributed by atoms with van der Waals surface area (Å²) in [4.78, 5) is 11.8. The van der Waals surface area contributed by atoms with Crippen LogP contribution in [0.2, 0.25) is 0 Å². The second kappa shape index (κ2) is 6.79. The average molecular weight is 257 g/mol. The Morgan fingerprint density at radius 3 is 2.84 bits per heavy atom. The van der Waals surface area contributed by atoms with Gasteiger partial charge >= 0.3 is 0 Å². The van der Waals surface area contributed by atoms with Crippen molar-refractivity contribution in [2.45, 2.75) is 38.1 Å². The van der Waals surface area contributed by atoms with Crippen LogP contribution in [0.5, 0.6) is 0 Å². The van der Waals surface area contributed by atoms with Gasteiger partial charge in [0.1, 0.15) is 0 Å². The highest BCUT2D eigenvalue weighted by molar-refractivity contribution is 5.81. The minimum Gasteiger partial charge on any atom is -0.376 e. The molecule has 100 valence electrons. The second-order valence-corrected chi connectivity index (χ2v) is 4.95. The van der Waals surface area contributed by atoms with Crippen LogP contribution < -0.4 is 10.6 Å². The van der Waals surface area contributed by atoms with Crippen LogP contribution >= 0.6 is 0 Å². The van der Waals surface area contributed by atoms with E-state index in [-0.39, 0.29) is 12.5 Å². The first kappa shape index (κ1) is 13.4. The zero-order valence-corrected chi connectivity index (χ0v) is 11.0. The van der Waals surface area contributed by atoms with Gasteiger partial charge in [0.25, 0.3) is 0 Å². The molecule has 0 saturated heterocycles. The minimum absolute atomic E-state index is 0.0225. The third-order valence-electron chi connectivity index (χ3n) is 3.42. The van der Waals surface area contributed by atoms with Crippen LogP contribution in [-0.4, -0.2) is 18.5 Å². The van der Waals surface area contributed by atoms with Gasteiger partial charge in [-0.2, -0.15) is 5.26 Å². The molecular weight excluding hydrogens is 238 g/mol. The van der Waals surface area contributed by atoms with E-state index in [1.54, 1.807) is 18.2 Å². The molecule has 1 aliphatic rings. The first-order chi connectivity index (χ1) is 9.28. The van der Waals surface area contributed by atoms with Gasteiger partial charge in [-0.1, -0.05) is 25.3 Å². The number of nitriles is 1. The Hall–Kier alpha value is -2.02. The number of nitrogens with zero attached hydrogens (tertiary/aromatic N) is 1. The van der Waals surface area contributed by atoms with Crippen LogP contribution in [0.25, 0.3) is 0 Å². The summed E-state index contributed by atoms with van der Waals surface area (Å²) in [5.74, 6) is 0.0225. The van der Waals surface area contributed by atoms with Crippen LogP contribution in [0.15, 0.2) is 24.3 Å². The Labute approximate surface area is 113 Å². The minimum atomic E-state index is 0.0225. The molecule has 0 radical (unpaired) electrons. The maximum absolute atomic E-state index is 11.8. The number of benzene rings is 1. The van der Waals surface area contributed by atoms with E-state index in [0.717, 1.165) is 18.5 Å². The Bertz CT molecular complexity index is 473. The van der Waals surface area contributed by atoms with Gasteiger partial charge in [-0.3, -0.25) is 4.79 Å². The fourth-order valence-corrected chi connectivity index (χ4v) is 2.41. The zero-order valence-electron chi connectivity index (χ0n) is 11.0. The van der Waals surface area contributed by atoms with Gasteiger partial charge in [0.2, 0.25) is 5.91 Å². The number of carbonyl (C=O) groups is 1. The maximum atomic E-state index is 11.8. The SMILES string of the molecule is N#Cc1cccc(NCC(=O)NC2CCCCC2)c1. The van der Waals surface area contributed by atoms with Crippen LogP contribution in [0.3, 0.4) is 0 Å². The highest BCUT2D eigenvalue weighted by Crippen LogP contribution is 2.17. The highest BCUT2D eigenvalue weighted by Gasteiger charge is 2.15. The number of hydrogen-bond acceptors (Lipinski definition) is 3. The van der Waals surface area contributed by atoms with E-state index in [1.807, 2.05) is 6.07 Å². The van der Waals surface area contributed by atoms with E-state index in [0.29, 0.717) is 11.6 Å². The van der Waals surface area contributed by atoms with Gasteiger partial charge < -0.3 is 10.6 Å². The predicted octanol–water partition coefficient (Wildman–Crippen LogP) is 2.42. The molecule has 1 aromatic rings. The van der Waals surface area contributed by atoms with Crippen molar-refractivity contribution in [1.82, 2.24) is 5.32 Å². The van der Waals surface area contributed by atoms with Crippen molar-refractivity contribution < 1.29 is 4.79 Å². The molecule has 0 heterocycles. The van der Waals surface area contributed by atoms with Crippen molar-refractivity contribution >= 4 is 11.6 Å². The van der Waals surface area contributed by atoms with Gasteiger partial charge in [0.15, 0.2) is 0 Å². The quantitative estimate of drug-likeness (QED) is 0.870. The molecule has 0 bridgehead atoms. The Morgan fingerprint density at radius 2 is 2.11 bits per heavy atom. The molecule has 1 aliphatic carbocycles. The summed E-state index contributed by atoms with van der Waals surface area (Å²) in [5.41, 5.74) is 1.40. The fraction of sp³-hybridized carbons (Fsp3) is 0.467. The van der Waals surface area contributed by atoms with E-state index in [2.05, 4.69) is 16.7 Å². The van der Waals surface area contributed by atoms with Gasteiger partial charge in [-0.05, 0) is 31.0 Å². The summed E-state index contributed by atoms with van der Waals surface area (Å²) in [5, 5.41) is 14.9. The molecular formula is C15H19N3O. The van der Waals surface area contributed by atoms with Gasteiger partial charge in [0.05, 0.1) is 18.2 Å². The fourth-order valence-electron chi connectivity index (χ4n) is 2.41. The van der Waals surface area contributed by atoms with E-state index in [1.165, 1.54) is 19.3 Å². The normalized spacial score (nSPS) is 15.5. The molecule has 0 atom stereocenters. The molecule has 2 rings (SSSR count). The van der Waals surface area contributed by atoms with Gasteiger partial charge in [0, 0.05) is 11.7 Å². The van der Waals surface area contributed by atoms with Crippen molar-refractivity contribution in [3.05, 3.63) is 29.8 Å². The second-order valence-electron chi connectivity index (χ2n) is 4.95. The lowest BCUT2D eigenvalue weighted by atomic mass is 9.95. The monoisotopic (exact) mass is 257 g/mol. The highest BCUT2D eigenvalue weighted by atomic mass is 16.1. The third kappa shape index (κ3) is 4.29. The molecule has 1 saturated carbocycles. The Balaban J connectivity index is 1.78. The maximum Gasteiger partial charge on any atom is 0.239 e. The molecule has 1 aromatic carbocycles. The molecule has 0 spiro atoms. The Morgan fingerprint density at radius 1 is 1.32 bits per heavy atom. The number of hydrogen-bond donors (Lipinski definition) is 2. The number of amides is 1. The Kier molecular flexibility index (Phi) is 4.79. The lowest BCUT2D eigenvalue weighted by Crippen LogP contribution is -2.39.